The molecule has 0 spiro atoms. The lowest BCUT2D eigenvalue weighted by atomic mass is 10.3. The minimum absolute atomic E-state index is 0. The molecular formula is C13H15ClN8. The first-order chi connectivity index (χ1) is 10.3. The molecule has 9 heteroatoms. The highest BCUT2D eigenvalue weighted by atomic mass is 35.5. The van der Waals surface area contributed by atoms with Crippen molar-refractivity contribution >= 4 is 41.2 Å². The van der Waals surface area contributed by atoms with Crippen LogP contribution in [0.15, 0.2) is 53.6 Å². The number of hydrogen-bond donors (Lipinski definition) is 3. The van der Waals surface area contributed by atoms with Gasteiger partial charge in [-0.2, -0.15) is 35.9 Å². The third kappa shape index (κ3) is 4.53. The predicted octanol–water partition coefficient (Wildman–Crippen LogP) is 1.90. The Bertz CT molecular complexity index is 683. The van der Waals surface area contributed by atoms with Gasteiger partial charge in [-0.15, -0.1) is 12.4 Å². The first kappa shape index (κ1) is 17.1. The Balaban J connectivity index is 0.000000181. The molecule has 4 N–H and O–H groups in total. The van der Waals surface area contributed by atoms with Crippen LogP contribution in [-0.2, 0) is 0 Å². The second-order valence-electron chi connectivity index (χ2n) is 3.81. The number of hydrogen-bond acceptors (Lipinski definition) is 6. The van der Waals surface area contributed by atoms with Crippen LogP contribution in [0.3, 0.4) is 0 Å². The van der Waals surface area contributed by atoms with Crippen LogP contribution in [0.1, 0.15) is 0 Å². The molecule has 0 unspecified atom stereocenters. The molecule has 0 aliphatic heterocycles. The molecule has 0 saturated carbocycles. The van der Waals surface area contributed by atoms with E-state index in [0.29, 0.717) is 0 Å². The summed E-state index contributed by atoms with van der Waals surface area (Å²) in [6, 6.07) is 15.4. The first-order valence-corrected chi connectivity index (χ1v) is 6.02. The van der Waals surface area contributed by atoms with E-state index in [-0.39, 0.29) is 12.4 Å². The average Bonchev–Trinajstić information content (AvgIpc) is 3.17. The smallest absolute Gasteiger partial charge is 0.112 e. The molecule has 2 heterocycles. The SMILES string of the molecule is C=NN.Cl.c1ccc2n[nH]nc2c1.c1ccc2n[nH]nc2c1. The molecule has 8 nitrogen and oxygen atoms in total. The van der Waals surface area contributed by atoms with Gasteiger partial charge in [0.25, 0.3) is 0 Å². The zero-order chi connectivity index (χ0) is 14.9. The maximum absolute atomic E-state index is 4.36. The van der Waals surface area contributed by atoms with Gasteiger partial charge in [0, 0.05) is 6.72 Å². The van der Waals surface area contributed by atoms with Crippen molar-refractivity contribution in [2.45, 2.75) is 0 Å². The molecule has 0 atom stereocenters. The summed E-state index contributed by atoms with van der Waals surface area (Å²) in [5.74, 6) is 4.36. The Labute approximate surface area is 132 Å². The van der Waals surface area contributed by atoms with Gasteiger partial charge in [0.15, 0.2) is 0 Å². The van der Waals surface area contributed by atoms with E-state index in [0.717, 1.165) is 22.1 Å². The van der Waals surface area contributed by atoms with E-state index in [1.807, 2.05) is 48.5 Å². The molecule has 0 fully saturated rings. The first-order valence-electron chi connectivity index (χ1n) is 6.02. The van der Waals surface area contributed by atoms with Gasteiger partial charge < -0.3 is 5.84 Å². The molecule has 0 aliphatic rings. The number of H-pyrrole nitrogens is 2. The van der Waals surface area contributed by atoms with Gasteiger partial charge >= 0.3 is 0 Å². The fourth-order valence-electron chi connectivity index (χ4n) is 1.57. The minimum atomic E-state index is 0. The molecule has 0 radical (unpaired) electrons. The van der Waals surface area contributed by atoms with Crippen LogP contribution in [0.4, 0.5) is 0 Å². The second kappa shape index (κ2) is 9.03. The van der Waals surface area contributed by atoms with Crippen LogP contribution >= 0.6 is 12.4 Å². The average molecular weight is 319 g/mol. The monoisotopic (exact) mass is 318 g/mol. The number of para-hydroxylation sites is 4. The summed E-state index contributed by atoms with van der Waals surface area (Å²) in [5.41, 5.74) is 3.66. The van der Waals surface area contributed by atoms with Crippen molar-refractivity contribution in [1.82, 2.24) is 30.8 Å². The number of hydrazone groups is 1. The van der Waals surface area contributed by atoms with Gasteiger partial charge in [0.1, 0.15) is 22.1 Å². The van der Waals surface area contributed by atoms with Crippen LogP contribution in [0, 0.1) is 0 Å². The van der Waals surface area contributed by atoms with Crippen LogP contribution in [0.5, 0.6) is 0 Å². The highest BCUT2D eigenvalue weighted by Crippen LogP contribution is 2.04. The highest BCUT2D eigenvalue weighted by Gasteiger charge is 1.91. The Morgan fingerprint density at radius 2 is 0.955 bits per heavy atom. The summed E-state index contributed by atoms with van der Waals surface area (Å²) in [6.07, 6.45) is 0. The van der Waals surface area contributed by atoms with Crippen molar-refractivity contribution in [3.63, 3.8) is 0 Å². The van der Waals surface area contributed by atoms with E-state index in [2.05, 4.69) is 48.5 Å². The lowest BCUT2D eigenvalue weighted by Crippen LogP contribution is -1.68. The lowest BCUT2D eigenvalue weighted by Gasteiger charge is -1.78. The Morgan fingerprint density at radius 1 is 0.727 bits per heavy atom. The van der Waals surface area contributed by atoms with E-state index in [1.165, 1.54) is 0 Å². The van der Waals surface area contributed by atoms with Gasteiger partial charge in [0.05, 0.1) is 0 Å². The van der Waals surface area contributed by atoms with Crippen molar-refractivity contribution in [2.24, 2.45) is 10.9 Å². The number of benzene rings is 2. The van der Waals surface area contributed by atoms with Gasteiger partial charge in [-0.05, 0) is 24.3 Å². The molecular weight excluding hydrogens is 304 g/mol. The molecule has 2 aromatic heterocycles. The van der Waals surface area contributed by atoms with Gasteiger partial charge in [0.2, 0.25) is 0 Å². The van der Waals surface area contributed by atoms with E-state index in [1.54, 1.807) is 0 Å². The van der Waals surface area contributed by atoms with Crippen molar-refractivity contribution < 1.29 is 0 Å². The van der Waals surface area contributed by atoms with Crippen LogP contribution < -0.4 is 5.84 Å². The van der Waals surface area contributed by atoms with Crippen molar-refractivity contribution in [3.05, 3.63) is 48.5 Å². The number of rotatable bonds is 0. The van der Waals surface area contributed by atoms with Crippen molar-refractivity contribution in [2.75, 3.05) is 0 Å². The summed E-state index contributed by atoms with van der Waals surface area (Å²) in [5, 5.41) is 23.4. The molecule has 0 amide bonds. The van der Waals surface area contributed by atoms with Gasteiger partial charge in [-0.25, -0.2) is 0 Å². The summed E-state index contributed by atoms with van der Waals surface area (Å²) in [4.78, 5) is 0. The van der Waals surface area contributed by atoms with E-state index in [9.17, 15) is 0 Å². The van der Waals surface area contributed by atoms with E-state index in [4.69, 9.17) is 0 Å². The lowest BCUT2D eigenvalue weighted by molar-refractivity contribution is 0.959. The minimum Gasteiger partial charge on any atom is -0.324 e. The number of fused-ring (bicyclic) bond motifs is 2. The van der Waals surface area contributed by atoms with Gasteiger partial charge in [-0.3, -0.25) is 0 Å². The number of nitrogens with two attached hydrogens (primary N) is 1. The number of halogens is 1. The predicted molar refractivity (Wildman–Crippen MR) is 88.8 cm³/mol. The fourth-order valence-corrected chi connectivity index (χ4v) is 1.57. The van der Waals surface area contributed by atoms with Crippen molar-refractivity contribution in [1.29, 1.82) is 0 Å². The van der Waals surface area contributed by atoms with Crippen LogP contribution in [-0.4, -0.2) is 37.5 Å². The number of aromatic nitrogens is 6. The fraction of sp³-hybridized carbons (Fsp3) is 0. The topological polar surface area (TPSA) is 122 Å². The van der Waals surface area contributed by atoms with Crippen LogP contribution in [0.2, 0.25) is 0 Å². The molecule has 114 valence electrons. The van der Waals surface area contributed by atoms with Gasteiger partial charge in [-0.1, -0.05) is 24.3 Å². The Kier molecular flexibility index (Phi) is 7.00. The maximum Gasteiger partial charge on any atom is 0.112 e. The molecule has 0 bridgehead atoms. The highest BCUT2D eigenvalue weighted by molar-refractivity contribution is 5.85. The largest absolute Gasteiger partial charge is 0.324 e. The van der Waals surface area contributed by atoms with Crippen LogP contribution in [0.25, 0.3) is 22.1 Å². The zero-order valence-electron chi connectivity index (χ0n) is 11.5. The molecule has 4 rings (SSSR count). The van der Waals surface area contributed by atoms with E-state index >= 15 is 0 Å². The Hall–Kier alpha value is -3.00. The number of nitrogens with zero attached hydrogens (tertiary/aromatic N) is 5. The molecule has 22 heavy (non-hydrogen) atoms. The van der Waals surface area contributed by atoms with Crippen molar-refractivity contribution in [3.8, 4) is 0 Å². The summed E-state index contributed by atoms with van der Waals surface area (Å²) < 4.78 is 0. The second-order valence-corrected chi connectivity index (χ2v) is 3.81. The quantitative estimate of drug-likeness (QED) is 0.260. The summed E-state index contributed by atoms with van der Waals surface area (Å²) in [7, 11) is 0. The van der Waals surface area contributed by atoms with E-state index < -0.39 is 0 Å². The third-order valence-electron chi connectivity index (χ3n) is 2.45. The standard InChI is InChI=1S/2C6H5N3.CH4N2.ClH/c2*1-2-4-6-5(3-1)7-9-8-6;1-3-2;/h2*1-4H,(H,7,8,9);1-2H2;1H. The number of nitrogens with one attached hydrogen (secondary N) is 2. The Morgan fingerprint density at radius 3 is 1.18 bits per heavy atom. The molecule has 0 saturated heterocycles. The maximum atomic E-state index is 4.36. The number of aromatic amines is 2. The molecule has 2 aromatic carbocycles. The molecule has 0 aliphatic carbocycles. The summed E-state index contributed by atoms with van der Waals surface area (Å²) in [6.45, 7) is 2.89. The molecule has 4 aromatic rings. The third-order valence-corrected chi connectivity index (χ3v) is 2.45. The summed E-state index contributed by atoms with van der Waals surface area (Å²) >= 11 is 0. The zero-order valence-corrected chi connectivity index (χ0v) is 12.4. The normalized spacial score (nSPS) is 8.91.